The van der Waals surface area contributed by atoms with Gasteiger partial charge in [-0.1, -0.05) is 25.1 Å². The average molecular weight is 424 g/mol. The third kappa shape index (κ3) is 5.23. The Kier molecular flexibility index (Phi) is 7.03. The summed E-state index contributed by atoms with van der Waals surface area (Å²) >= 11 is 1.55. The van der Waals surface area contributed by atoms with E-state index >= 15 is 0 Å². The number of rotatable bonds is 8. The Morgan fingerprint density at radius 2 is 1.89 bits per heavy atom. The number of thioether (sulfide) groups is 1. The number of sulfonamides is 1. The summed E-state index contributed by atoms with van der Waals surface area (Å²) in [6, 6.07) is 11.3. The molecule has 0 aromatic heterocycles. The molecule has 0 aliphatic carbocycles. The van der Waals surface area contributed by atoms with Crippen molar-refractivity contribution in [2.75, 3.05) is 28.2 Å². The molecule has 150 valence electrons. The van der Waals surface area contributed by atoms with E-state index in [9.17, 15) is 23.3 Å². The van der Waals surface area contributed by atoms with Crippen molar-refractivity contribution in [3.63, 3.8) is 0 Å². The van der Waals surface area contributed by atoms with Gasteiger partial charge in [-0.3, -0.25) is 19.2 Å². The van der Waals surface area contributed by atoms with Gasteiger partial charge < -0.3 is 5.32 Å². The van der Waals surface area contributed by atoms with Crippen molar-refractivity contribution in [3.05, 3.63) is 58.1 Å². The highest BCUT2D eigenvalue weighted by Crippen LogP contribution is 2.30. The summed E-state index contributed by atoms with van der Waals surface area (Å²) in [7, 11) is -3.85. The third-order valence-electron chi connectivity index (χ3n) is 3.89. The molecule has 1 N–H and O–H groups in total. The fraction of sp³-hybridized carbons (Fsp3) is 0.278. The SMILES string of the molecule is CCSc1ccccc1NC(=O)CN(c1cccc([N+](=O)[O-])c1C)S(C)(=O)=O. The molecule has 8 nitrogen and oxygen atoms in total. The van der Waals surface area contributed by atoms with Gasteiger partial charge in [-0.2, -0.15) is 0 Å². The Morgan fingerprint density at radius 3 is 2.50 bits per heavy atom. The quantitative estimate of drug-likeness (QED) is 0.396. The Hall–Kier alpha value is -2.59. The lowest BCUT2D eigenvalue weighted by Gasteiger charge is -2.23. The number of para-hydroxylation sites is 1. The Labute approximate surface area is 168 Å². The Bertz CT molecular complexity index is 992. The highest BCUT2D eigenvalue weighted by atomic mass is 32.2. The second-order valence-electron chi connectivity index (χ2n) is 5.93. The van der Waals surface area contributed by atoms with E-state index in [-0.39, 0.29) is 16.9 Å². The molecular formula is C18H21N3O5S2. The first-order chi connectivity index (χ1) is 13.1. The molecule has 2 aromatic rings. The van der Waals surface area contributed by atoms with Crippen LogP contribution in [-0.4, -0.2) is 37.8 Å². The normalized spacial score (nSPS) is 11.1. The van der Waals surface area contributed by atoms with E-state index in [1.807, 2.05) is 19.1 Å². The van der Waals surface area contributed by atoms with Crippen LogP contribution in [0.4, 0.5) is 17.1 Å². The summed E-state index contributed by atoms with van der Waals surface area (Å²) in [5.74, 6) is 0.273. The van der Waals surface area contributed by atoms with Crippen LogP contribution >= 0.6 is 11.8 Å². The van der Waals surface area contributed by atoms with E-state index in [4.69, 9.17) is 0 Å². The second-order valence-corrected chi connectivity index (χ2v) is 9.14. The maximum atomic E-state index is 12.6. The maximum absolute atomic E-state index is 12.6. The lowest BCUT2D eigenvalue weighted by molar-refractivity contribution is -0.385. The predicted molar refractivity (Wildman–Crippen MR) is 111 cm³/mol. The number of nitrogens with zero attached hydrogens (tertiary/aromatic N) is 2. The predicted octanol–water partition coefficient (Wildman–Crippen LogP) is 3.42. The molecule has 0 saturated heterocycles. The van der Waals surface area contributed by atoms with Crippen LogP contribution in [0.5, 0.6) is 0 Å². The molecule has 28 heavy (non-hydrogen) atoms. The van der Waals surface area contributed by atoms with E-state index in [0.29, 0.717) is 5.69 Å². The zero-order valence-corrected chi connectivity index (χ0v) is 17.3. The molecule has 0 spiro atoms. The van der Waals surface area contributed by atoms with Crippen LogP contribution in [0.25, 0.3) is 0 Å². The minimum absolute atomic E-state index is 0.100. The average Bonchev–Trinajstić information content (AvgIpc) is 2.61. The van der Waals surface area contributed by atoms with Crippen molar-refractivity contribution in [3.8, 4) is 0 Å². The minimum Gasteiger partial charge on any atom is -0.323 e. The standard InChI is InChI=1S/C18H21N3O5S2/c1-4-27-17-11-6-5-8-14(17)19-18(22)12-20(28(3,25)26)15-9-7-10-16(13(15)2)21(23)24/h5-11H,4,12H2,1-3H3,(H,19,22). The molecule has 2 rings (SSSR count). The zero-order chi connectivity index (χ0) is 20.9. The fourth-order valence-electron chi connectivity index (χ4n) is 2.63. The largest absolute Gasteiger partial charge is 0.323 e. The van der Waals surface area contributed by atoms with Crippen LogP contribution in [0.15, 0.2) is 47.4 Å². The molecule has 0 fully saturated rings. The Morgan fingerprint density at radius 1 is 1.21 bits per heavy atom. The van der Waals surface area contributed by atoms with Crippen molar-refractivity contribution in [1.29, 1.82) is 0 Å². The summed E-state index contributed by atoms with van der Waals surface area (Å²) in [4.78, 5) is 24.0. The highest BCUT2D eigenvalue weighted by molar-refractivity contribution is 7.99. The number of nitro groups is 1. The molecule has 0 aliphatic rings. The third-order valence-corrected chi connectivity index (χ3v) is 5.97. The van der Waals surface area contributed by atoms with Gasteiger partial charge in [0.25, 0.3) is 5.69 Å². The molecule has 0 unspecified atom stereocenters. The van der Waals surface area contributed by atoms with Crippen LogP contribution in [-0.2, 0) is 14.8 Å². The zero-order valence-electron chi connectivity index (χ0n) is 15.7. The molecule has 2 aromatic carbocycles. The number of carbonyl (C=O) groups excluding carboxylic acids is 1. The van der Waals surface area contributed by atoms with E-state index in [1.54, 1.807) is 23.9 Å². The van der Waals surface area contributed by atoms with Gasteiger partial charge in [0.05, 0.1) is 28.1 Å². The molecule has 0 heterocycles. The summed E-state index contributed by atoms with van der Waals surface area (Å²) in [5.41, 5.74) is 0.649. The summed E-state index contributed by atoms with van der Waals surface area (Å²) in [6.45, 7) is 2.95. The molecule has 0 saturated carbocycles. The minimum atomic E-state index is -3.85. The van der Waals surface area contributed by atoms with E-state index in [2.05, 4.69) is 5.32 Å². The second kappa shape index (κ2) is 9.07. The van der Waals surface area contributed by atoms with Crippen LogP contribution in [0.2, 0.25) is 0 Å². The number of hydrogen-bond donors (Lipinski definition) is 1. The summed E-state index contributed by atoms with van der Waals surface area (Å²) < 4.78 is 25.5. The lowest BCUT2D eigenvalue weighted by Crippen LogP contribution is -2.38. The van der Waals surface area contributed by atoms with Gasteiger partial charge in [0.15, 0.2) is 0 Å². The first kappa shape index (κ1) is 21.7. The number of nitrogens with one attached hydrogen (secondary N) is 1. The first-order valence-corrected chi connectivity index (χ1v) is 11.2. The summed E-state index contributed by atoms with van der Waals surface area (Å²) in [6.07, 6.45) is 0.958. The first-order valence-electron chi connectivity index (χ1n) is 8.38. The number of benzene rings is 2. The van der Waals surface area contributed by atoms with E-state index in [1.165, 1.54) is 25.1 Å². The molecule has 0 radical (unpaired) electrons. The van der Waals surface area contributed by atoms with Crippen molar-refractivity contribution >= 4 is 44.8 Å². The van der Waals surface area contributed by atoms with Gasteiger partial charge in [0, 0.05) is 11.0 Å². The van der Waals surface area contributed by atoms with Crippen LogP contribution in [0, 0.1) is 17.0 Å². The van der Waals surface area contributed by atoms with Gasteiger partial charge in [0.1, 0.15) is 6.54 Å². The topological polar surface area (TPSA) is 110 Å². The lowest BCUT2D eigenvalue weighted by atomic mass is 10.1. The van der Waals surface area contributed by atoms with Gasteiger partial charge >= 0.3 is 0 Å². The van der Waals surface area contributed by atoms with Crippen molar-refractivity contribution < 1.29 is 18.1 Å². The van der Waals surface area contributed by atoms with Gasteiger partial charge in [-0.25, -0.2) is 8.42 Å². The molecule has 1 amide bonds. The summed E-state index contributed by atoms with van der Waals surface area (Å²) in [5, 5.41) is 13.9. The number of nitro benzene ring substituents is 1. The number of hydrogen-bond acceptors (Lipinski definition) is 6. The Balaban J connectivity index is 2.34. The van der Waals surface area contributed by atoms with Crippen LogP contribution in [0.3, 0.4) is 0 Å². The van der Waals surface area contributed by atoms with Crippen molar-refractivity contribution in [2.24, 2.45) is 0 Å². The van der Waals surface area contributed by atoms with Crippen molar-refractivity contribution in [2.45, 2.75) is 18.7 Å². The fourth-order valence-corrected chi connectivity index (χ4v) is 4.30. The number of amides is 1. The van der Waals surface area contributed by atoms with E-state index < -0.39 is 27.4 Å². The molecule has 10 heteroatoms. The smallest absolute Gasteiger partial charge is 0.274 e. The van der Waals surface area contributed by atoms with Gasteiger partial charge in [-0.05, 0) is 30.9 Å². The van der Waals surface area contributed by atoms with Crippen LogP contribution < -0.4 is 9.62 Å². The molecule has 0 aliphatic heterocycles. The molecular weight excluding hydrogens is 402 g/mol. The van der Waals surface area contributed by atoms with Crippen LogP contribution in [0.1, 0.15) is 12.5 Å². The maximum Gasteiger partial charge on any atom is 0.274 e. The molecule has 0 atom stereocenters. The number of carbonyl (C=O) groups is 1. The van der Waals surface area contributed by atoms with Gasteiger partial charge in [-0.15, -0.1) is 11.8 Å². The highest BCUT2D eigenvalue weighted by Gasteiger charge is 2.26. The number of anilines is 2. The monoisotopic (exact) mass is 423 g/mol. The van der Waals surface area contributed by atoms with Crippen molar-refractivity contribution in [1.82, 2.24) is 0 Å². The van der Waals surface area contributed by atoms with Gasteiger partial charge in [0.2, 0.25) is 15.9 Å². The van der Waals surface area contributed by atoms with E-state index in [0.717, 1.165) is 21.2 Å². The molecule has 0 bridgehead atoms.